The molecule has 0 amide bonds. The van der Waals surface area contributed by atoms with Crippen molar-refractivity contribution >= 4 is 0 Å². The Morgan fingerprint density at radius 1 is 0.973 bits per heavy atom. The van der Waals surface area contributed by atoms with Gasteiger partial charge in [-0.15, -0.1) is 0 Å². The van der Waals surface area contributed by atoms with Crippen LogP contribution in [0.25, 0.3) is 34.0 Å². The van der Waals surface area contributed by atoms with E-state index in [4.69, 9.17) is 14.0 Å². The molecule has 0 saturated heterocycles. The monoisotopic (exact) mass is 517 g/mol. The third-order valence-electron chi connectivity index (χ3n) is 5.24. The Morgan fingerprint density at radius 2 is 1.78 bits per heavy atom. The summed E-state index contributed by atoms with van der Waals surface area (Å²) in [5, 5.41) is 8.25. The molecule has 0 spiro atoms. The average molecular weight is 517 g/mol. The number of ether oxygens (including phenoxy) is 2. The van der Waals surface area contributed by atoms with E-state index in [-0.39, 0.29) is 29.4 Å². The molecule has 3 heterocycles. The fourth-order valence-electron chi connectivity index (χ4n) is 3.56. The van der Waals surface area contributed by atoms with Gasteiger partial charge in [-0.2, -0.15) is 18.3 Å². The van der Waals surface area contributed by atoms with E-state index in [0.29, 0.717) is 28.4 Å². The van der Waals surface area contributed by atoms with Crippen molar-refractivity contribution < 1.29 is 35.9 Å². The van der Waals surface area contributed by atoms with Crippen molar-refractivity contribution in [2.24, 2.45) is 0 Å². The highest BCUT2D eigenvalue weighted by atomic mass is 19.4. The molecule has 0 radical (unpaired) electrons. The van der Waals surface area contributed by atoms with Crippen molar-refractivity contribution in [3.63, 3.8) is 0 Å². The van der Waals surface area contributed by atoms with Crippen LogP contribution in [-0.2, 0) is 6.54 Å². The van der Waals surface area contributed by atoms with Crippen LogP contribution in [0.2, 0.25) is 0 Å². The lowest BCUT2D eigenvalue weighted by Crippen LogP contribution is -2.19. The summed E-state index contributed by atoms with van der Waals surface area (Å²) in [6.07, 6.45) is -1.46. The van der Waals surface area contributed by atoms with Gasteiger partial charge in [-0.25, -0.2) is 18.7 Å². The summed E-state index contributed by atoms with van der Waals surface area (Å²) in [6, 6.07) is 9.59. The molecular weight excluding hydrogens is 501 g/mol. The standard InChI is InChI=1S/C24H16F5N5O3/c1-35-21-8-13(36-12-24(27,28)29)5-6-15(21)18-7-14(37-33-18)10-34-11-20-19(9-30-34)31-23(32-20)16-3-2-4-17(25)22(16)26/h2-9,11H,10,12H2,1H3. The highest BCUT2D eigenvalue weighted by Crippen LogP contribution is 2.34. The second-order valence-corrected chi connectivity index (χ2v) is 7.83. The fraction of sp³-hybridized carbons (Fsp3) is 0.167. The summed E-state index contributed by atoms with van der Waals surface area (Å²) in [5.74, 6) is -1.37. The predicted octanol–water partition coefficient (Wildman–Crippen LogP) is 5.38. The van der Waals surface area contributed by atoms with E-state index in [0.717, 1.165) is 6.07 Å². The van der Waals surface area contributed by atoms with Crippen molar-refractivity contribution in [3.05, 3.63) is 72.3 Å². The first-order valence-corrected chi connectivity index (χ1v) is 10.7. The number of imidazole rings is 1. The molecule has 0 bridgehead atoms. The highest BCUT2D eigenvalue weighted by Gasteiger charge is 2.28. The minimum absolute atomic E-state index is 0.0111. The second kappa shape index (κ2) is 9.48. The van der Waals surface area contributed by atoms with Gasteiger partial charge in [0.2, 0.25) is 0 Å². The van der Waals surface area contributed by atoms with E-state index in [2.05, 4.69) is 20.2 Å². The first kappa shape index (κ1) is 24.2. The largest absolute Gasteiger partial charge is 0.496 e. The number of rotatable bonds is 7. The number of hydrogen-bond donors (Lipinski definition) is 0. The Kier molecular flexibility index (Phi) is 6.19. The van der Waals surface area contributed by atoms with Gasteiger partial charge < -0.3 is 14.0 Å². The van der Waals surface area contributed by atoms with Crippen LogP contribution in [0.15, 0.2) is 59.4 Å². The molecule has 190 valence electrons. The second-order valence-electron chi connectivity index (χ2n) is 7.83. The zero-order valence-electron chi connectivity index (χ0n) is 19.0. The van der Waals surface area contributed by atoms with Crippen LogP contribution >= 0.6 is 0 Å². The van der Waals surface area contributed by atoms with Crippen LogP contribution < -0.4 is 9.47 Å². The number of alkyl halides is 3. The zero-order chi connectivity index (χ0) is 26.2. The van der Waals surface area contributed by atoms with E-state index in [9.17, 15) is 22.0 Å². The molecule has 0 saturated carbocycles. The molecule has 37 heavy (non-hydrogen) atoms. The van der Waals surface area contributed by atoms with E-state index >= 15 is 0 Å². The number of nitrogens with zero attached hydrogens (tertiary/aromatic N) is 5. The van der Waals surface area contributed by atoms with E-state index < -0.39 is 24.4 Å². The molecule has 8 nitrogen and oxygen atoms in total. The molecule has 2 aliphatic heterocycles. The first-order chi connectivity index (χ1) is 17.7. The Morgan fingerprint density at radius 3 is 2.57 bits per heavy atom. The highest BCUT2D eigenvalue weighted by molar-refractivity contribution is 5.68. The van der Waals surface area contributed by atoms with Gasteiger partial charge in [-0.3, -0.25) is 4.68 Å². The number of hydrogen-bond acceptors (Lipinski definition) is 7. The molecule has 1 aromatic heterocycles. The maximum atomic E-state index is 14.1. The molecule has 0 N–H and O–H groups in total. The minimum Gasteiger partial charge on any atom is -0.496 e. The van der Waals surface area contributed by atoms with Gasteiger partial charge in [0.1, 0.15) is 35.1 Å². The van der Waals surface area contributed by atoms with Crippen LogP contribution in [0.4, 0.5) is 22.0 Å². The summed E-state index contributed by atoms with van der Waals surface area (Å²) in [7, 11) is 1.37. The molecule has 2 aromatic carbocycles. The summed E-state index contributed by atoms with van der Waals surface area (Å²) in [4.78, 5) is 8.49. The van der Waals surface area contributed by atoms with Crippen LogP contribution in [-0.4, -0.2) is 44.8 Å². The van der Waals surface area contributed by atoms with Crippen molar-refractivity contribution in [1.29, 1.82) is 0 Å². The third kappa shape index (κ3) is 5.20. The Balaban J connectivity index is 1.35. The van der Waals surface area contributed by atoms with Gasteiger partial charge in [-0.05, 0) is 24.3 Å². The van der Waals surface area contributed by atoms with E-state index in [1.165, 1.54) is 48.3 Å². The molecular formula is C24H16F5N5O3. The fourth-order valence-corrected chi connectivity index (χ4v) is 3.56. The van der Waals surface area contributed by atoms with Gasteiger partial charge in [0.15, 0.2) is 29.8 Å². The summed E-state index contributed by atoms with van der Waals surface area (Å²) >= 11 is 0. The Bertz CT molecular complexity index is 1530. The number of methoxy groups -OCH3 is 1. The SMILES string of the molecule is COc1cc(OCC(F)(F)F)ccc1-c1cc(Cn2cc3nc(-c4cccc(F)c4F)nc-3cn2)on1. The van der Waals surface area contributed by atoms with Gasteiger partial charge >= 0.3 is 6.18 Å². The maximum absolute atomic E-state index is 14.1. The van der Waals surface area contributed by atoms with Gasteiger partial charge in [0.05, 0.1) is 25.1 Å². The van der Waals surface area contributed by atoms with Crippen LogP contribution in [0.5, 0.6) is 11.5 Å². The number of halogens is 5. The molecule has 0 atom stereocenters. The summed E-state index contributed by atoms with van der Waals surface area (Å²) in [5.41, 5.74) is 1.60. The molecule has 13 heteroatoms. The molecule has 0 unspecified atom stereocenters. The summed E-state index contributed by atoms with van der Waals surface area (Å²) < 4.78 is 81.9. The van der Waals surface area contributed by atoms with Crippen LogP contribution in [0, 0.1) is 11.6 Å². The van der Waals surface area contributed by atoms with E-state index in [1.807, 2.05) is 0 Å². The number of fused-ring (bicyclic) bond motifs is 1. The minimum atomic E-state index is -4.47. The van der Waals surface area contributed by atoms with Gasteiger partial charge in [0, 0.05) is 17.7 Å². The smallest absolute Gasteiger partial charge is 0.422 e. The molecule has 3 aromatic rings. The molecule has 2 aliphatic rings. The first-order valence-electron chi connectivity index (χ1n) is 10.7. The van der Waals surface area contributed by atoms with Crippen LogP contribution in [0.1, 0.15) is 5.76 Å². The van der Waals surface area contributed by atoms with Crippen molar-refractivity contribution in [2.75, 3.05) is 13.7 Å². The van der Waals surface area contributed by atoms with Crippen LogP contribution in [0.3, 0.4) is 0 Å². The van der Waals surface area contributed by atoms with Crippen molar-refractivity contribution in [1.82, 2.24) is 24.9 Å². The quantitative estimate of drug-likeness (QED) is 0.268. The zero-order valence-corrected chi connectivity index (χ0v) is 19.0. The molecule has 0 fully saturated rings. The topological polar surface area (TPSA) is 88.1 Å². The Hall–Kier alpha value is -4.55. The molecule has 0 aliphatic carbocycles. The van der Waals surface area contributed by atoms with E-state index in [1.54, 1.807) is 12.3 Å². The normalized spacial score (nSPS) is 11.7. The maximum Gasteiger partial charge on any atom is 0.422 e. The predicted molar refractivity (Wildman–Crippen MR) is 119 cm³/mol. The lowest BCUT2D eigenvalue weighted by Gasteiger charge is -2.11. The summed E-state index contributed by atoms with van der Waals surface area (Å²) in [6.45, 7) is -1.28. The van der Waals surface area contributed by atoms with Crippen molar-refractivity contribution in [2.45, 2.75) is 12.7 Å². The lowest BCUT2D eigenvalue weighted by molar-refractivity contribution is -0.153. The lowest BCUT2D eigenvalue weighted by atomic mass is 10.1. The van der Waals surface area contributed by atoms with Gasteiger partial charge in [-0.1, -0.05) is 11.2 Å². The third-order valence-corrected chi connectivity index (χ3v) is 5.24. The molecule has 5 rings (SSSR count). The number of benzene rings is 2. The average Bonchev–Trinajstić information content (AvgIpc) is 3.50. The Labute approximate surface area is 205 Å². The van der Waals surface area contributed by atoms with Crippen molar-refractivity contribution in [3.8, 4) is 45.5 Å². The van der Waals surface area contributed by atoms with Gasteiger partial charge in [0.25, 0.3) is 0 Å². The number of aromatic nitrogens is 5.